The van der Waals surface area contributed by atoms with E-state index in [1.54, 1.807) is 17.0 Å². The predicted octanol–water partition coefficient (Wildman–Crippen LogP) is 3.66. The summed E-state index contributed by atoms with van der Waals surface area (Å²) >= 11 is 6.53. The van der Waals surface area contributed by atoms with E-state index >= 15 is 0 Å². The van der Waals surface area contributed by atoms with Crippen molar-refractivity contribution >= 4 is 34.2 Å². The van der Waals surface area contributed by atoms with Gasteiger partial charge < -0.3 is 9.80 Å². The molecule has 2 heterocycles. The number of halogens is 1. The molecular formula is C22H18ClN5O. The van der Waals surface area contributed by atoms with E-state index in [2.05, 4.69) is 27.5 Å². The van der Waals surface area contributed by atoms with Gasteiger partial charge in [-0.3, -0.25) is 4.79 Å². The summed E-state index contributed by atoms with van der Waals surface area (Å²) in [5.41, 5.74) is 3.15. The van der Waals surface area contributed by atoms with E-state index in [0.29, 0.717) is 36.8 Å². The third kappa shape index (κ3) is 3.65. The summed E-state index contributed by atoms with van der Waals surface area (Å²) in [4.78, 5) is 24.7. The van der Waals surface area contributed by atoms with E-state index in [1.165, 1.54) is 12.4 Å². The van der Waals surface area contributed by atoms with Crippen molar-refractivity contribution in [2.75, 3.05) is 31.1 Å². The van der Waals surface area contributed by atoms with Crippen LogP contribution in [0.1, 0.15) is 5.56 Å². The summed E-state index contributed by atoms with van der Waals surface area (Å²) in [6.45, 7) is 6.15. The summed E-state index contributed by atoms with van der Waals surface area (Å²) < 4.78 is 0. The van der Waals surface area contributed by atoms with Crippen LogP contribution in [0.4, 0.5) is 5.82 Å². The first-order chi connectivity index (χ1) is 14.1. The van der Waals surface area contributed by atoms with Crippen LogP contribution < -0.4 is 4.90 Å². The van der Waals surface area contributed by atoms with Crippen LogP contribution >= 0.6 is 11.6 Å². The smallest absolute Gasteiger partial charge is 0.246 e. The van der Waals surface area contributed by atoms with Gasteiger partial charge in [0.2, 0.25) is 5.91 Å². The van der Waals surface area contributed by atoms with Crippen molar-refractivity contribution in [3.05, 3.63) is 66.0 Å². The molecule has 0 saturated carbocycles. The van der Waals surface area contributed by atoms with E-state index in [9.17, 15) is 4.79 Å². The standard InChI is InChI=1S/C22H18ClN5O/c1-2-21(29)27-7-9-28(10-8-27)22-18-11-17(16-5-3-15(13-24)4-6-16)19(23)12-20(18)25-14-26-22/h2-6,11-12,14H,1,7-10H2. The van der Waals surface area contributed by atoms with Gasteiger partial charge in [-0.1, -0.05) is 30.3 Å². The van der Waals surface area contributed by atoms with Crippen molar-refractivity contribution in [2.45, 2.75) is 0 Å². The Morgan fingerprint density at radius 3 is 2.52 bits per heavy atom. The molecule has 4 rings (SSSR count). The van der Waals surface area contributed by atoms with E-state index in [-0.39, 0.29) is 5.91 Å². The highest BCUT2D eigenvalue weighted by Gasteiger charge is 2.22. The maximum Gasteiger partial charge on any atom is 0.246 e. The summed E-state index contributed by atoms with van der Waals surface area (Å²) in [6, 6.07) is 13.3. The molecule has 0 atom stereocenters. The lowest BCUT2D eigenvalue weighted by Gasteiger charge is -2.35. The molecule has 29 heavy (non-hydrogen) atoms. The first kappa shape index (κ1) is 18.9. The van der Waals surface area contributed by atoms with E-state index in [0.717, 1.165) is 27.8 Å². The first-order valence-corrected chi connectivity index (χ1v) is 9.59. The van der Waals surface area contributed by atoms with E-state index < -0.39 is 0 Å². The van der Waals surface area contributed by atoms with Crippen molar-refractivity contribution in [3.63, 3.8) is 0 Å². The SMILES string of the molecule is C=CC(=O)N1CCN(c2ncnc3cc(Cl)c(-c4ccc(C#N)cc4)cc23)CC1. The molecule has 144 valence electrons. The third-order valence-electron chi connectivity index (χ3n) is 5.09. The van der Waals surface area contributed by atoms with Crippen LogP contribution in [0.3, 0.4) is 0 Å². The average molecular weight is 404 g/mol. The molecule has 0 N–H and O–H groups in total. The van der Waals surface area contributed by atoms with Gasteiger partial charge in [0.15, 0.2) is 0 Å². The summed E-state index contributed by atoms with van der Waals surface area (Å²) in [5.74, 6) is 0.777. The van der Waals surface area contributed by atoms with Crippen LogP contribution in [0.5, 0.6) is 0 Å². The second kappa shape index (κ2) is 7.90. The Morgan fingerprint density at radius 1 is 1.14 bits per heavy atom. The molecule has 2 aromatic carbocycles. The maximum absolute atomic E-state index is 11.8. The third-order valence-corrected chi connectivity index (χ3v) is 5.41. The van der Waals surface area contributed by atoms with Gasteiger partial charge in [-0.15, -0.1) is 0 Å². The molecule has 0 bridgehead atoms. The Morgan fingerprint density at radius 2 is 1.86 bits per heavy atom. The molecule has 6 nitrogen and oxygen atoms in total. The highest BCUT2D eigenvalue weighted by Crippen LogP contribution is 2.35. The monoisotopic (exact) mass is 403 g/mol. The Kier molecular flexibility index (Phi) is 5.15. The number of amides is 1. The molecule has 3 aromatic rings. The number of nitrogens with zero attached hydrogens (tertiary/aromatic N) is 5. The minimum Gasteiger partial charge on any atom is -0.352 e. The van der Waals surface area contributed by atoms with Crippen molar-refractivity contribution in [1.29, 1.82) is 5.26 Å². The number of fused-ring (bicyclic) bond motifs is 1. The van der Waals surface area contributed by atoms with Crippen LogP contribution in [0.25, 0.3) is 22.0 Å². The highest BCUT2D eigenvalue weighted by atomic mass is 35.5. The quantitative estimate of drug-likeness (QED) is 0.624. The second-order valence-corrected chi connectivity index (χ2v) is 7.16. The topological polar surface area (TPSA) is 73.1 Å². The number of hydrogen-bond donors (Lipinski definition) is 0. The predicted molar refractivity (Wildman–Crippen MR) is 114 cm³/mol. The lowest BCUT2D eigenvalue weighted by molar-refractivity contribution is -0.126. The number of carbonyl (C=O) groups is 1. The largest absolute Gasteiger partial charge is 0.352 e. The number of carbonyl (C=O) groups excluding carboxylic acids is 1. The van der Waals surface area contributed by atoms with Gasteiger partial charge in [-0.2, -0.15) is 5.26 Å². The van der Waals surface area contributed by atoms with Gasteiger partial charge in [0, 0.05) is 37.1 Å². The van der Waals surface area contributed by atoms with Crippen LogP contribution in [-0.2, 0) is 4.79 Å². The van der Waals surface area contributed by atoms with Crippen molar-refractivity contribution in [2.24, 2.45) is 0 Å². The second-order valence-electron chi connectivity index (χ2n) is 6.75. The van der Waals surface area contributed by atoms with Crippen LogP contribution in [0, 0.1) is 11.3 Å². The fraction of sp³-hybridized carbons (Fsp3) is 0.182. The minimum atomic E-state index is -0.0490. The zero-order chi connectivity index (χ0) is 20.4. The first-order valence-electron chi connectivity index (χ1n) is 9.22. The molecular weight excluding hydrogens is 386 g/mol. The van der Waals surface area contributed by atoms with Crippen molar-refractivity contribution in [1.82, 2.24) is 14.9 Å². The fourth-order valence-corrected chi connectivity index (χ4v) is 3.80. The lowest BCUT2D eigenvalue weighted by atomic mass is 10.0. The van der Waals surface area contributed by atoms with E-state index in [1.807, 2.05) is 24.3 Å². The number of benzene rings is 2. The van der Waals surface area contributed by atoms with E-state index in [4.69, 9.17) is 16.9 Å². The Bertz CT molecular complexity index is 1130. The molecule has 1 fully saturated rings. The van der Waals surface area contributed by atoms with Gasteiger partial charge in [0.1, 0.15) is 12.1 Å². The summed E-state index contributed by atoms with van der Waals surface area (Å²) in [5, 5.41) is 10.5. The molecule has 1 aliphatic heterocycles. The Balaban J connectivity index is 1.71. The molecule has 1 amide bonds. The maximum atomic E-state index is 11.8. The average Bonchev–Trinajstić information content (AvgIpc) is 2.78. The van der Waals surface area contributed by atoms with Gasteiger partial charge in [-0.25, -0.2) is 9.97 Å². The lowest BCUT2D eigenvalue weighted by Crippen LogP contribution is -2.48. The van der Waals surface area contributed by atoms with Crippen molar-refractivity contribution in [3.8, 4) is 17.2 Å². The van der Waals surface area contributed by atoms with Gasteiger partial charge in [-0.05, 0) is 35.9 Å². The number of rotatable bonds is 3. The molecule has 0 aliphatic carbocycles. The van der Waals surface area contributed by atoms with Crippen molar-refractivity contribution < 1.29 is 4.79 Å². The summed E-state index contributed by atoms with van der Waals surface area (Å²) in [7, 11) is 0. The van der Waals surface area contributed by atoms with Gasteiger partial charge in [0.05, 0.1) is 22.2 Å². The highest BCUT2D eigenvalue weighted by molar-refractivity contribution is 6.34. The minimum absolute atomic E-state index is 0.0490. The molecule has 1 aliphatic rings. The zero-order valence-corrected chi connectivity index (χ0v) is 16.4. The molecule has 1 aromatic heterocycles. The number of anilines is 1. The normalized spacial score (nSPS) is 13.9. The van der Waals surface area contributed by atoms with Gasteiger partial charge >= 0.3 is 0 Å². The molecule has 0 radical (unpaired) electrons. The molecule has 7 heteroatoms. The fourth-order valence-electron chi connectivity index (χ4n) is 3.53. The number of piperazine rings is 1. The Hall–Kier alpha value is -3.43. The number of hydrogen-bond acceptors (Lipinski definition) is 5. The zero-order valence-electron chi connectivity index (χ0n) is 15.7. The number of nitriles is 1. The molecule has 0 unspecified atom stereocenters. The van der Waals surface area contributed by atoms with Crippen LogP contribution in [-0.4, -0.2) is 47.0 Å². The summed E-state index contributed by atoms with van der Waals surface area (Å²) in [6.07, 6.45) is 2.89. The van der Waals surface area contributed by atoms with Crippen LogP contribution in [0.2, 0.25) is 5.02 Å². The molecule has 1 saturated heterocycles. The van der Waals surface area contributed by atoms with Crippen LogP contribution in [0.15, 0.2) is 55.4 Å². The number of aromatic nitrogens is 2. The molecule has 0 spiro atoms. The van der Waals surface area contributed by atoms with Gasteiger partial charge in [0.25, 0.3) is 0 Å². The Labute approximate surface area is 173 Å².